The van der Waals surface area contributed by atoms with Crippen LogP contribution in [0.2, 0.25) is 0 Å². The minimum Gasteiger partial charge on any atom is -0.399 e. The quantitative estimate of drug-likeness (QED) is 0.816. The van der Waals surface area contributed by atoms with Crippen LogP contribution in [-0.4, -0.2) is 18.8 Å². The second-order valence-corrected chi connectivity index (χ2v) is 5.83. The van der Waals surface area contributed by atoms with Gasteiger partial charge in [-0.25, -0.2) is 0 Å². The number of nitrogens with two attached hydrogens (primary N) is 1. The van der Waals surface area contributed by atoms with E-state index >= 15 is 0 Å². The van der Waals surface area contributed by atoms with Gasteiger partial charge in [0, 0.05) is 29.4 Å². The number of benzene rings is 1. The van der Waals surface area contributed by atoms with Crippen LogP contribution >= 0.6 is 11.8 Å². The van der Waals surface area contributed by atoms with Crippen LogP contribution in [0.1, 0.15) is 26.2 Å². The molecule has 0 fully saturated rings. The molecular weight excluding hydrogens is 216 g/mol. The van der Waals surface area contributed by atoms with Gasteiger partial charge in [-0.3, -0.25) is 0 Å². The fraction of sp³-hybridized carbons (Fsp3) is 0.538. The highest BCUT2D eigenvalue weighted by molar-refractivity contribution is 8.00. The number of thioether (sulfide) groups is 1. The third-order valence-corrected chi connectivity index (χ3v) is 4.36. The molecule has 2 rings (SSSR count). The maximum absolute atomic E-state index is 5.82. The number of nitrogens with zero attached hydrogens (tertiary/aromatic N) is 1. The molecule has 1 heterocycles. The van der Waals surface area contributed by atoms with Crippen LogP contribution in [0.4, 0.5) is 11.4 Å². The van der Waals surface area contributed by atoms with Gasteiger partial charge in [0.05, 0.1) is 5.69 Å². The molecule has 0 saturated heterocycles. The van der Waals surface area contributed by atoms with Gasteiger partial charge in [0.2, 0.25) is 0 Å². The number of nitrogen functional groups attached to an aromatic ring is 1. The van der Waals surface area contributed by atoms with Crippen LogP contribution in [0.15, 0.2) is 23.1 Å². The molecule has 0 saturated carbocycles. The molecule has 2 N–H and O–H groups in total. The second kappa shape index (κ2) is 5.00. The molecule has 16 heavy (non-hydrogen) atoms. The van der Waals surface area contributed by atoms with Crippen molar-refractivity contribution in [1.82, 2.24) is 0 Å². The van der Waals surface area contributed by atoms with Crippen molar-refractivity contribution < 1.29 is 0 Å². The highest BCUT2D eigenvalue weighted by Crippen LogP contribution is 2.40. The lowest BCUT2D eigenvalue weighted by atomic mass is 10.1. The first-order chi connectivity index (χ1) is 7.70. The Morgan fingerprint density at radius 1 is 1.50 bits per heavy atom. The van der Waals surface area contributed by atoms with E-state index in [2.05, 4.69) is 31.0 Å². The Bertz CT molecular complexity index is 365. The van der Waals surface area contributed by atoms with E-state index in [-0.39, 0.29) is 0 Å². The largest absolute Gasteiger partial charge is 0.399 e. The minimum absolute atomic E-state index is 0.737. The smallest absolute Gasteiger partial charge is 0.0522 e. The topological polar surface area (TPSA) is 29.3 Å². The Morgan fingerprint density at radius 2 is 2.31 bits per heavy atom. The average Bonchev–Trinajstić information content (AvgIpc) is 2.27. The van der Waals surface area contributed by atoms with Gasteiger partial charge in [-0.1, -0.05) is 19.8 Å². The van der Waals surface area contributed by atoms with Crippen molar-refractivity contribution in [3.05, 3.63) is 18.2 Å². The monoisotopic (exact) mass is 236 g/mol. The first-order valence-corrected chi connectivity index (χ1v) is 6.86. The van der Waals surface area contributed by atoms with Gasteiger partial charge in [0.1, 0.15) is 0 Å². The number of anilines is 2. The summed E-state index contributed by atoms with van der Waals surface area (Å²) in [7, 11) is 2.16. The zero-order valence-corrected chi connectivity index (χ0v) is 10.9. The van der Waals surface area contributed by atoms with Crippen LogP contribution in [0, 0.1) is 0 Å². The molecule has 1 aliphatic heterocycles. The Balaban J connectivity index is 2.13. The first kappa shape index (κ1) is 11.6. The third kappa shape index (κ3) is 2.46. The Morgan fingerprint density at radius 3 is 3.06 bits per heavy atom. The fourth-order valence-electron chi connectivity index (χ4n) is 2.13. The van der Waals surface area contributed by atoms with Crippen LogP contribution in [0.5, 0.6) is 0 Å². The lowest BCUT2D eigenvalue weighted by Crippen LogP contribution is -2.31. The number of hydrogen-bond donors (Lipinski definition) is 1. The fourth-order valence-corrected chi connectivity index (χ4v) is 3.56. The number of unbranched alkanes of at least 4 members (excludes halogenated alkanes) is 1. The Kier molecular flexibility index (Phi) is 3.64. The van der Waals surface area contributed by atoms with Gasteiger partial charge in [0.25, 0.3) is 0 Å². The molecule has 1 atom stereocenters. The minimum atomic E-state index is 0.737. The van der Waals surface area contributed by atoms with E-state index in [9.17, 15) is 0 Å². The second-order valence-electron chi connectivity index (χ2n) is 4.49. The molecule has 1 unspecified atom stereocenters. The number of fused-ring (bicyclic) bond motifs is 1. The summed E-state index contributed by atoms with van der Waals surface area (Å²) < 4.78 is 0. The summed E-state index contributed by atoms with van der Waals surface area (Å²) in [6.45, 7) is 3.40. The summed E-state index contributed by atoms with van der Waals surface area (Å²) in [4.78, 5) is 3.71. The van der Waals surface area contributed by atoms with E-state index in [1.165, 1.54) is 29.8 Å². The van der Waals surface area contributed by atoms with Gasteiger partial charge in [-0.05, 0) is 24.6 Å². The molecular formula is C13H20N2S. The van der Waals surface area contributed by atoms with E-state index < -0.39 is 0 Å². The van der Waals surface area contributed by atoms with Gasteiger partial charge < -0.3 is 10.6 Å². The Labute approximate surface area is 102 Å². The van der Waals surface area contributed by atoms with E-state index in [1.54, 1.807) is 0 Å². The molecule has 0 aromatic heterocycles. The summed E-state index contributed by atoms with van der Waals surface area (Å²) in [5.74, 6) is 0. The molecule has 0 spiro atoms. The first-order valence-electron chi connectivity index (χ1n) is 5.98. The normalized spacial score (nSPS) is 19.6. The maximum Gasteiger partial charge on any atom is 0.0522 e. The van der Waals surface area contributed by atoms with Crippen molar-refractivity contribution in [1.29, 1.82) is 0 Å². The van der Waals surface area contributed by atoms with E-state index in [1.807, 2.05) is 17.8 Å². The zero-order chi connectivity index (χ0) is 11.5. The standard InChI is InChI=1S/C13H20N2S/c1-3-4-5-11-9-15(2)12-8-10(14)6-7-13(12)16-11/h6-8,11H,3-5,9,14H2,1-2H3. The van der Waals surface area contributed by atoms with Gasteiger partial charge in [-0.2, -0.15) is 0 Å². The summed E-state index contributed by atoms with van der Waals surface area (Å²) in [6, 6.07) is 6.24. The van der Waals surface area contributed by atoms with Gasteiger partial charge in [-0.15, -0.1) is 11.8 Å². The molecule has 0 aliphatic carbocycles. The SMILES string of the molecule is CCCCC1CN(C)c2cc(N)ccc2S1. The van der Waals surface area contributed by atoms with Crippen LogP contribution in [0.25, 0.3) is 0 Å². The van der Waals surface area contributed by atoms with Crippen molar-refractivity contribution >= 4 is 23.1 Å². The van der Waals surface area contributed by atoms with Crippen LogP contribution < -0.4 is 10.6 Å². The van der Waals surface area contributed by atoms with Crippen LogP contribution in [-0.2, 0) is 0 Å². The molecule has 88 valence electrons. The molecule has 1 aromatic carbocycles. The molecule has 0 bridgehead atoms. The molecule has 0 amide bonds. The molecule has 2 nitrogen and oxygen atoms in total. The van der Waals surface area contributed by atoms with E-state index in [4.69, 9.17) is 5.73 Å². The number of hydrogen-bond acceptors (Lipinski definition) is 3. The lowest BCUT2D eigenvalue weighted by Gasteiger charge is -2.33. The van der Waals surface area contributed by atoms with Crippen molar-refractivity contribution in [3.8, 4) is 0 Å². The Hall–Kier alpha value is -0.830. The third-order valence-electron chi connectivity index (χ3n) is 3.05. The lowest BCUT2D eigenvalue weighted by molar-refractivity contribution is 0.667. The van der Waals surface area contributed by atoms with Crippen molar-refractivity contribution in [3.63, 3.8) is 0 Å². The summed E-state index contributed by atoms with van der Waals surface area (Å²) >= 11 is 2.01. The number of rotatable bonds is 3. The van der Waals surface area contributed by atoms with Crippen molar-refractivity contribution in [2.45, 2.75) is 36.3 Å². The highest BCUT2D eigenvalue weighted by atomic mass is 32.2. The summed E-state index contributed by atoms with van der Waals surface area (Å²) in [5, 5.41) is 0.737. The van der Waals surface area contributed by atoms with E-state index in [0.717, 1.165) is 17.5 Å². The molecule has 3 heteroatoms. The van der Waals surface area contributed by atoms with Crippen molar-refractivity contribution in [2.75, 3.05) is 24.2 Å². The molecule has 1 aromatic rings. The summed E-state index contributed by atoms with van der Waals surface area (Å²) in [5.41, 5.74) is 7.97. The van der Waals surface area contributed by atoms with Gasteiger partial charge in [0.15, 0.2) is 0 Å². The van der Waals surface area contributed by atoms with Gasteiger partial charge >= 0.3 is 0 Å². The summed E-state index contributed by atoms with van der Waals surface area (Å²) in [6.07, 6.45) is 3.93. The predicted molar refractivity (Wildman–Crippen MR) is 73.3 cm³/mol. The predicted octanol–water partition coefficient (Wildman–Crippen LogP) is 3.37. The zero-order valence-electron chi connectivity index (χ0n) is 10.1. The van der Waals surface area contributed by atoms with E-state index in [0.29, 0.717) is 0 Å². The molecule has 1 aliphatic rings. The average molecular weight is 236 g/mol. The molecule has 0 radical (unpaired) electrons. The maximum atomic E-state index is 5.82. The van der Waals surface area contributed by atoms with Crippen molar-refractivity contribution in [2.24, 2.45) is 0 Å². The van der Waals surface area contributed by atoms with Crippen LogP contribution in [0.3, 0.4) is 0 Å². The highest BCUT2D eigenvalue weighted by Gasteiger charge is 2.22.